The molecule has 1 atom stereocenters. The van der Waals surface area contributed by atoms with Crippen molar-refractivity contribution in [3.8, 4) is 0 Å². The third kappa shape index (κ3) is 0.967. The zero-order chi connectivity index (χ0) is 5.11. The first kappa shape index (κ1) is 4.72. The van der Waals surface area contributed by atoms with Crippen LogP contribution >= 0.6 is 8.46 Å². The molecule has 0 saturated carbocycles. The van der Waals surface area contributed by atoms with Crippen molar-refractivity contribution in [2.75, 3.05) is 0 Å². The second-order valence-corrected chi connectivity index (χ2v) is 1.98. The van der Waals surface area contributed by atoms with Crippen LogP contribution in [0.3, 0.4) is 0 Å². The number of rotatable bonds is 1. The first-order chi connectivity index (χ1) is 3.43. The van der Waals surface area contributed by atoms with Crippen molar-refractivity contribution in [2.24, 2.45) is 5.16 Å². The molecule has 1 aliphatic rings. The maximum atomic E-state index is 9.90. The average Bonchev–Trinajstić information content (AvgIpc) is 2.14. The Morgan fingerprint density at radius 3 is 3.14 bits per heavy atom. The molecular weight excluding hydrogens is 113 g/mol. The highest BCUT2D eigenvalue weighted by Gasteiger charge is 2.10. The smallest absolute Gasteiger partial charge is 0.211 e. The maximum Gasteiger partial charge on any atom is 0.211 e. The van der Waals surface area contributed by atoms with Gasteiger partial charge in [-0.15, -0.1) is 0 Å². The molecule has 1 aliphatic heterocycles. The van der Waals surface area contributed by atoms with E-state index in [1.807, 2.05) is 0 Å². The van der Waals surface area contributed by atoms with Crippen LogP contribution in [-0.2, 0) is 9.40 Å². The SMILES string of the molecule is O=PC1CC=NO1. The predicted molar refractivity (Wildman–Crippen MR) is 25.6 cm³/mol. The molecule has 0 spiro atoms. The van der Waals surface area contributed by atoms with E-state index < -0.39 is 0 Å². The Morgan fingerprint density at radius 1 is 2.00 bits per heavy atom. The highest BCUT2D eigenvalue weighted by molar-refractivity contribution is 7.24. The van der Waals surface area contributed by atoms with Gasteiger partial charge in [0.15, 0.2) is 0 Å². The van der Waals surface area contributed by atoms with Crippen LogP contribution in [0.25, 0.3) is 0 Å². The van der Waals surface area contributed by atoms with Crippen molar-refractivity contribution in [3.63, 3.8) is 0 Å². The lowest BCUT2D eigenvalue weighted by atomic mass is 10.5. The van der Waals surface area contributed by atoms with E-state index >= 15 is 0 Å². The number of hydrogen-bond acceptors (Lipinski definition) is 3. The summed E-state index contributed by atoms with van der Waals surface area (Å²) in [6.07, 6.45) is 2.28. The largest absolute Gasteiger partial charge is 0.380 e. The number of hydrogen-bond donors (Lipinski definition) is 0. The van der Waals surface area contributed by atoms with Gasteiger partial charge >= 0.3 is 0 Å². The van der Waals surface area contributed by atoms with E-state index in [-0.39, 0.29) is 14.3 Å². The average molecular weight is 117 g/mol. The van der Waals surface area contributed by atoms with E-state index in [9.17, 15) is 4.57 Å². The van der Waals surface area contributed by atoms with Crippen LogP contribution in [0.5, 0.6) is 0 Å². The van der Waals surface area contributed by atoms with Crippen molar-refractivity contribution >= 4 is 14.7 Å². The zero-order valence-electron chi connectivity index (χ0n) is 3.57. The lowest BCUT2D eigenvalue weighted by molar-refractivity contribution is 0.144. The lowest BCUT2D eigenvalue weighted by Gasteiger charge is -1.90. The Morgan fingerprint density at radius 2 is 2.86 bits per heavy atom. The molecule has 38 valence electrons. The van der Waals surface area contributed by atoms with Crippen LogP contribution in [0.2, 0.25) is 0 Å². The molecule has 4 heteroatoms. The van der Waals surface area contributed by atoms with E-state index in [2.05, 4.69) is 9.99 Å². The first-order valence-electron chi connectivity index (χ1n) is 1.93. The van der Waals surface area contributed by atoms with Crippen LogP contribution < -0.4 is 0 Å². The van der Waals surface area contributed by atoms with Crippen LogP contribution in [0.15, 0.2) is 5.16 Å². The van der Waals surface area contributed by atoms with Crippen LogP contribution in [-0.4, -0.2) is 12.1 Å². The molecule has 0 bridgehead atoms. The van der Waals surface area contributed by atoms with Crippen molar-refractivity contribution in [2.45, 2.75) is 12.3 Å². The third-order valence-electron chi connectivity index (χ3n) is 0.682. The Hall–Kier alpha value is -0.430. The van der Waals surface area contributed by atoms with Crippen LogP contribution in [0.1, 0.15) is 6.42 Å². The second-order valence-electron chi connectivity index (χ2n) is 1.19. The van der Waals surface area contributed by atoms with E-state index in [0.29, 0.717) is 6.42 Å². The van der Waals surface area contributed by atoms with Gasteiger partial charge in [-0.3, -0.25) is 4.57 Å². The molecule has 0 aromatic heterocycles. The predicted octanol–water partition coefficient (Wildman–Crippen LogP) is 1.01. The number of oxime groups is 1. The molecule has 3 nitrogen and oxygen atoms in total. The van der Waals surface area contributed by atoms with Gasteiger partial charge in [0.05, 0.1) is 0 Å². The fourth-order valence-electron chi connectivity index (χ4n) is 0.352. The van der Waals surface area contributed by atoms with Gasteiger partial charge in [0.25, 0.3) is 0 Å². The van der Waals surface area contributed by atoms with Gasteiger partial charge in [-0.25, -0.2) is 0 Å². The normalized spacial score (nSPS) is 28.3. The molecule has 0 aliphatic carbocycles. The molecule has 0 aromatic carbocycles. The Balaban J connectivity index is 2.35. The first-order valence-corrected chi connectivity index (χ1v) is 2.82. The topological polar surface area (TPSA) is 38.7 Å². The summed E-state index contributed by atoms with van der Waals surface area (Å²) in [5.74, 6) is -0.208. The van der Waals surface area contributed by atoms with Crippen molar-refractivity contribution in [1.29, 1.82) is 0 Å². The van der Waals surface area contributed by atoms with Crippen molar-refractivity contribution in [3.05, 3.63) is 0 Å². The molecule has 1 heterocycles. The van der Waals surface area contributed by atoms with Gasteiger partial charge in [-0.05, 0) is 0 Å². The molecule has 0 radical (unpaired) electrons. The fraction of sp³-hybridized carbons (Fsp3) is 0.667. The summed E-state index contributed by atoms with van der Waals surface area (Å²) in [4.78, 5) is 4.55. The van der Waals surface area contributed by atoms with Gasteiger partial charge in [0.1, 0.15) is 0 Å². The molecule has 0 aromatic rings. The summed E-state index contributed by atoms with van der Waals surface area (Å²) in [5, 5.41) is 3.40. The minimum Gasteiger partial charge on any atom is -0.380 e. The summed E-state index contributed by atoms with van der Waals surface area (Å²) in [6, 6.07) is 0. The summed E-state index contributed by atoms with van der Waals surface area (Å²) >= 11 is 0. The quantitative estimate of drug-likeness (QED) is 0.480. The molecule has 7 heavy (non-hydrogen) atoms. The maximum absolute atomic E-state index is 9.90. The van der Waals surface area contributed by atoms with Crippen molar-refractivity contribution < 1.29 is 9.40 Å². The van der Waals surface area contributed by atoms with Gasteiger partial charge in [0, 0.05) is 12.6 Å². The summed E-state index contributed by atoms with van der Waals surface area (Å²) in [7, 11) is 0.0247. The van der Waals surface area contributed by atoms with E-state index in [0.717, 1.165) is 0 Å². The molecule has 0 N–H and O–H groups in total. The standard InChI is InChI=1S/C3H4NO2P/c5-7-3-1-2-4-6-3/h2-3H,1H2. The summed E-state index contributed by atoms with van der Waals surface area (Å²) in [5.41, 5.74) is 0. The van der Waals surface area contributed by atoms with E-state index in [1.54, 1.807) is 6.21 Å². The molecule has 0 amide bonds. The molecule has 0 fully saturated rings. The van der Waals surface area contributed by atoms with Gasteiger partial charge in [-0.2, -0.15) is 0 Å². The lowest BCUT2D eigenvalue weighted by Crippen LogP contribution is -1.90. The Kier molecular flexibility index (Phi) is 1.37. The number of nitrogens with zero attached hydrogens (tertiary/aromatic N) is 1. The highest BCUT2D eigenvalue weighted by Crippen LogP contribution is 2.15. The summed E-state index contributed by atoms with van der Waals surface area (Å²) < 4.78 is 9.90. The van der Waals surface area contributed by atoms with Crippen molar-refractivity contribution in [1.82, 2.24) is 0 Å². The zero-order valence-corrected chi connectivity index (χ0v) is 4.47. The highest BCUT2D eigenvalue weighted by atomic mass is 31.1. The second kappa shape index (κ2) is 2.03. The molecular formula is C3H4NO2P. The Labute approximate surface area is 42.5 Å². The minimum absolute atomic E-state index is 0.0247. The fourth-order valence-corrected chi connectivity index (χ4v) is 0.625. The monoisotopic (exact) mass is 117 g/mol. The van der Waals surface area contributed by atoms with E-state index in [1.165, 1.54) is 0 Å². The van der Waals surface area contributed by atoms with Gasteiger partial charge < -0.3 is 4.84 Å². The third-order valence-corrected chi connectivity index (χ3v) is 1.22. The molecule has 0 saturated heterocycles. The van der Waals surface area contributed by atoms with Gasteiger partial charge in [-0.1, -0.05) is 5.16 Å². The van der Waals surface area contributed by atoms with Gasteiger partial charge in [0.2, 0.25) is 14.3 Å². The molecule has 1 rings (SSSR count). The minimum atomic E-state index is -0.208. The molecule has 1 unspecified atom stereocenters. The van der Waals surface area contributed by atoms with Crippen LogP contribution in [0.4, 0.5) is 0 Å². The van der Waals surface area contributed by atoms with Crippen LogP contribution in [0, 0.1) is 0 Å². The van der Waals surface area contributed by atoms with E-state index in [4.69, 9.17) is 0 Å². The Bertz CT molecular complexity index is 95.1. The summed E-state index contributed by atoms with van der Waals surface area (Å²) in [6.45, 7) is 0.